The highest BCUT2D eigenvalue weighted by Crippen LogP contribution is 2.32. The van der Waals surface area contributed by atoms with Gasteiger partial charge in [-0.15, -0.1) is 0 Å². The molecule has 1 saturated heterocycles. The first kappa shape index (κ1) is 13.9. The van der Waals surface area contributed by atoms with Crippen molar-refractivity contribution in [3.05, 3.63) is 53.9 Å². The van der Waals surface area contributed by atoms with Gasteiger partial charge < -0.3 is 4.90 Å². The summed E-state index contributed by atoms with van der Waals surface area (Å²) in [7, 11) is 0. The molecule has 4 heteroatoms. The van der Waals surface area contributed by atoms with Crippen molar-refractivity contribution in [2.24, 2.45) is 0 Å². The van der Waals surface area contributed by atoms with Gasteiger partial charge in [0.2, 0.25) is 5.91 Å². The Morgan fingerprint density at radius 2 is 2.14 bits per heavy atom. The maximum Gasteiger partial charge on any atom is 0.227 e. The summed E-state index contributed by atoms with van der Waals surface area (Å²) < 4.78 is 0. The molecule has 0 radical (unpaired) electrons. The Kier molecular flexibility index (Phi) is 3.78. The first-order valence-electron chi connectivity index (χ1n) is 7.49. The number of aromatic nitrogens is 2. The number of rotatable bonds is 3. The van der Waals surface area contributed by atoms with Crippen LogP contribution in [0.3, 0.4) is 0 Å². The number of nitrogens with zero attached hydrogens (tertiary/aromatic N) is 2. The van der Waals surface area contributed by atoms with E-state index in [0.717, 1.165) is 37.2 Å². The van der Waals surface area contributed by atoms with Crippen molar-refractivity contribution in [1.29, 1.82) is 0 Å². The highest BCUT2D eigenvalue weighted by atomic mass is 16.2. The molecule has 0 bridgehead atoms. The predicted molar refractivity (Wildman–Crippen MR) is 81.9 cm³/mol. The van der Waals surface area contributed by atoms with Crippen LogP contribution in [0, 0.1) is 0 Å². The Hall–Kier alpha value is -2.10. The zero-order valence-electron chi connectivity index (χ0n) is 12.4. The Morgan fingerprint density at radius 1 is 1.33 bits per heavy atom. The summed E-state index contributed by atoms with van der Waals surface area (Å²) in [5.74, 6) is 0.214. The van der Waals surface area contributed by atoms with Crippen LogP contribution < -0.4 is 0 Å². The van der Waals surface area contributed by atoms with Crippen molar-refractivity contribution < 1.29 is 4.79 Å². The normalized spacial score (nSPS) is 22.2. The number of carbonyl (C=O) groups excluding carboxylic acids is 1. The van der Waals surface area contributed by atoms with Crippen LogP contribution in [0.4, 0.5) is 0 Å². The van der Waals surface area contributed by atoms with Gasteiger partial charge in [0, 0.05) is 30.4 Å². The monoisotopic (exact) mass is 283 g/mol. The fourth-order valence-electron chi connectivity index (χ4n) is 3.15. The maximum atomic E-state index is 12.5. The summed E-state index contributed by atoms with van der Waals surface area (Å²) in [6.07, 6.45) is 4.39. The van der Waals surface area contributed by atoms with E-state index in [2.05, 4.69) is 17.1 Å². The van der Waals surface area contributed by atoms with Gasteiger partial charge >= 0.3 is 0 Å². The molecule has 1 N–H and O–H groups in total. The summed E-state index contributed by atoms with van der Waals surface area (Å²) in [5.41, 5.74) is 2.19. The number of benzene rings is 1. The molecule has 0 aliphatic carbocycles. The molecule has 3 rings (SSSR count). The first-order chi connectivity index (χ1) is 10.2. The molecule has 0 saturated carbocycles. The molecule has 1 aliphatic rings. The van der Waals surface area contributed by atoms with Gasteiger partial charge in [0.15, 0.2) is 0 Å². The van der Waals surface area contributed by atoms with Crippen LogP contribution >= 0.6 is 0 Å². The van der Waals surface area contributed by atoms with Crippen molar-refractivity contribution in [3.63, 3.8) is 0 Å². The molecule has 1 aromatic heterocycles. The van der Waals surface area contributed by atoms with E-state index in [1.165, 1.54) is 0 Å². The molecule has 1 fully saturated rings. The van der Waals surface area contributed by atoms with Crippen molar-refractivity contribution >= 4 is 5.91 Å². The van der Waals surface area contributed by atoms with Gasteiger partial charge in [0.25, 0.3) is 0 Å². The van der Waals surface area contributed by atoms with E-state index in [0.29, 0.717) is 6.42 Å². The summed E-state index contributed by atoms with van der Waals surface area (Å²) in [4.78, 5) is 14.5. The van der Waals surface area contributed by atoms with Gasteiger partial charge in [-0.25, -0.2) is 0 Å². The van der Waals surface area contributed by atoms with Crippen LogP contribution in [0.25, 0.3) is 0 Å². The number of aromatic amines is 1. The van der Waals surface area contributed by atoms with Crippen molar-refractivity contribution in [2.75, 3.05) is 13.1 Å². The van der Waals surface area contributed by atoms with Crippen molar-refractivity contribution in [2.45, 2.75) is 31.6 Å². The summed E-state index contributed by atoms with van der Waals surface area (Å²) >= 11 is 0. The number of carbonyl (C=O) groups is 1. The second-order valence-corrected chi connectivity index (χ2v) is 6.11. The van der Waals surface area contributed by atoms with E-state index >= 15 is 0 Å². The lowest BCUT2D eigenvalue weighted by molar-refractivity contribution is -0.132. The maximum absolute atomic E-state index is 12.5. The lowest BCUT2D eigenvalue weighted by atomic mass is 9.79. The molecule has 21 heavy (non-hydrogen) atoms. The number of nitrogens with one attached hydrogen (secondary N) is 1. The van der Waals surface area contributed by atoms with Gasteiger partial charge in [-0.1, -0.05) is 37.3 Å². The van der Waals surface area contributed by atoms with E-state index in [4.69, 9.17) is 0 Å². The molecular weight excluding hydrogens is 262 g/mol. The van der Waals surface area contributed by atoms with Gasteiger partial charge in [-0.2, -0.15) is 5.10 Å². The zero-order chi connectivity index (χ0) is 14.7. The molecule has 1 aromatic carbocycles. The van der Waals surface area contributed by atoms with Crippen LogP contribution in [-0.4, -0.2) is 34.1 Å². The number of piperidine rings is 1. The van der Waals surface area contributed by atoms with Crippen molar-refractivity contribution in [1.82, 2.24) is 15.1 Å². The third-order valence-electron chi connectivity index (χ3n) is 4.40. The molecule has 2 aromatic rings. The standard InChI is InChI=1S/C17H21N3O/c1-17(15-8-10-18-19-15)9-5-11-20(13-17)16(21)12-14-6-3-2-4-7-14/h2-4,6-8,10H,5,9,11-13H2,1H3,(H,18,19)/t17-/m1/s1. The third-order valence-corrected chi connectivity index (χ3v) is 4.40. The minimum atomic E-state index is -0.0128. The first-order valence-corrected chi connectivity index (χ1v) is 7.49. The highest BCUT2D eigenvalue weighted by Gasteiger charge is 2.35. The minimum absolute atomic E-state index is 0.0128. The molecular formula is C17H21N3O. The van der Waals surface area contributed by atoms with Gasteiger partial charge in [-0.3, -0.25) is 9.89 Å². The molecule has 1 aliphatic heterocycles. The molecule has 1 amide bonds. The van der Waals surface area contributed by atoms with E-state index in [9.17, 15) is 4.79 Å². The third kappa shape index (κ3) is 2.99. The number of amides is 1. The highest BCUT2D eigenvalue weighted by molar-refractivity contribution is 5.79. The Morgan fingerprint density at radius 3 is 2.86 bits per heavy atom. The number of likely N-dealkylation sites (tertiary alicyclic amines) is 1. The van der Waals surface area contributed by atoms with Crippen LogP contribution in [0.1, 0.15) is 31.0 Å². The minimum Gasteiger partial charge on any atom is -0.341 e. The summed E-state index contributed by atoms with van der Waals surface area (Å²) in [6, 6.07) is 12.0. The fourth-order valence-corrected chi connectivity index (χ4v) is 3.15. The van der Waals surface area contributed by atoms with E-state index in [-0.39, 0.29) is 11.3 Å². The zero-order valence-corrected chi connectivity index (χ0v) is 12.4. The quantitative estimate of drug-likeness (QED) is 0.941. The SMILES string of the molecule is C[C@@]1(c2ccn[nH]2)CCCN(C(=O)Cc2ccccc2)C1. The lowest BCUT2D eigenvalue weighted by Gasteiger charge is -2.40. The van der Waals surface area contributed by atoms with E-state index in [1.807, 2.05) is 41.3 Å². The topological polar surface area (TPSA) is 49.0 Å². The molecule has 4 nitrogen and oxygen atoms in total. The Balaban J connectivity index is 1.70. The Labute approximate surface area is 125 Å². The van der Waals surface area contributed by atoms with Gasteiger partial charge in [0.05, 0.1) is 6.42 Å². The largest absolute Gasteiger partial charge is 0.341 e. The molecule has 0 spiro atoms. The van der Waals surface area contributed by atoms with Crippen LogP contribution in [0.5, 0.6) is 0 Å². The number of hydrogen-bond acceptors (Lipinski definition) is 2. The van der Waals surface area contributed by atoms with E-state index < -0.39 is 0 Å². The molecule has 1 atom stereocenters. The molecule has 0 unspecified atom stereocenters. The van der Waals surface area contributed by atoms with Crippen LogP contribution in [-0.2, 0) is 16.6 Å². The van der Waals surface area contributed by atoms with Gasteiger partial charge in [0.1, 0.15) is 0 Å². The lowest BCUT2D eigenvalue weighted by Crippen LogP contribution is -2.47. The average Bonchev–Trinajstić information content (AvgIpc) is 3.03. The summed E-state index contributed by atoms with van der Waals surface area (Å²) in [5, 5.41) is 7.12. The number of hydrogen-bond donors (Lipinski definition) is 1. The predicted octanol–water partition coefficient (Wildman–Crippen LogP) is 2.53. The van der Waals surface area contributed by atoms with Crippen LogP contribution in [0.2, 0.25) is 0 Å². The second kappa shape index (κ2) is 5.72. The average molecular weight is 283 g/mol. The summed E-state index contributed by atoms with van der Waals surface area (Å²) in [6.45, 7) is 3.83. The molecule has 110 valence electrons. The fraction of sp³-hybridized carbons (Fsp3) is 0.412. The van der Waals surface area contributed by atoms with Gasteiger partial charge in [-0.05, 0) is 24.5 Å². The van der Waals surface area contributed by atoms with Crippen molar-refractivity contribution in [3.8, 4) is 0 Å². The molecule has 2 heterocycles. The van der Waals surface area contributed by atoms with E-state index in [1.54, 1.807) is 6.20 Å². The van der Waals surface area contributed by atoms with Crippen LogP contribution in [0.15, 0.2) is 42.6 Å². The Bertz CT molecular complexity index is 594. The number of H-pyrrole nitrogens is 1. The second-order valence-electron chi connectivity index (χ2n) is 6.11. The smallest absolute Gasteiger partial charge is 0.227 e.